The Labute approximate surface area is 190 Å². The number of nitriles is 1. The summed E-state index contributed by atoms with van der Waals surface area (Å²) in [6, 6.07) is 9.14. The maximum absolute atomic E-state index is 13.1. The van der Waals surface area contributed by atoms with Gasteiger partial charge in [0.05, 0.1) is 23.8 Å². The zero-order chi connectivity index (χ0) is 22.7. The molecule has 2 amide bonds. The zero-order valence-corrected chi connectivity index (χ0v) is 19.0. The maximum atomic E-state index is 13.1. The van der Waals surface area contributed by atoms with E-state index in [4.69, 9.17) is 14.7 Å². The molecule has 3 heterocycles. The Morgan fingerprint density at radius 1 is 1.09 bits per heavy atom. The molecular weight excluding hydrogens is 408 g/mol. The summed E-state index contributed by atoms with van der Waals surface area (Å²) in [6.07, 6.45) is 0.720. The standard InChI is InChI=1S/C24H34N4O4/c1-17-9-27(10-18(2)32-17)24(30)28-13-20-7-21(14-28)12-26(11-20)15-22(29)16-31-23-5-3-19(8-25)4-6-23/h3-6,17-18,20-22,29H,7,9-16H2,1-2H3. The molecule has 3 saturated heterocycles. The summed E-state index contributed by atoms with van der Waals surface area (Å²) >= 11 is 0. The van der Waals surface area contributed by atoms with Gasteiger partial charge in [-0.1, -0.05) is 0 Å². The summed E-state index contributed by atoms with van der Waals surface area (Å²) in [5.74, 6) is 1.53. The van der Waals surface area contributed by atoms with Crippen molar-refractivity contribution in [2.75, 3.05) is 52.4 Å². The van der Waals surface area contributed by atoms with Crippen LogP contribution >= 0.6 is 0 Å². The maximum Gasteiger partial charge on any atom is 0.320 e. The molecule has 3 aliphatic rings. The van der Waals surface area contributed by atoms with E-state index in [0.29, 0.717) is 42.8 Å². The fourth-order valence-electron chi connectivity index (χ4n) is 5.40. The first-order valence-corrected chi connectivity index (χ1v) is 11.6. The highest BCUT2D eigenvalue weighted by molar-refractivity contribution is 5.74. The number of benzene rings is 1. The average Bonchev–Trinajstić information content (AvgIpc) is 2.76. The van der Waals surface area contributed by atoms with E-state index >= 15 is 0 Å². The molecule has 0 spiro atoms. The zero-order valence-electron chi connectivity index (χ0n) is 19.0. The van der Waals surface area contributed by atoms with E-state index in [1.165, 1.54) is 0 Å². The number of ether oxygens (including phenoxy) is 2. The molecule has 0 aromatic heterocycles. The van der Waals surface area contributed by atoms with Crippen molar-refractivity contribution in [3.63, 3.8) is 0 Å². The van der Waals surface area contributed by atoms with E-state index < -0.39 is 6.10 Å². The van der Waals surface area contributed by atoms with Gasteiger partial charge in [-0.15, -0.1) is 0 Å². The molecule has 0 aliphatic carbocycles. The van der Waals surface area contributed by atoms with Crippen molar-refractivity contribution in [3.05, 3.63) is 29.8 Å². The van der Waals surface area contributed by atoms with Crippen LogP contribution in [0.15, 0.2) is 24.3 Å². The molecule has 3 aliphatic heterocycles. The van der Waals surface area contributed by atoms with E-state index in [2.05, 4.69) is 11.0 Å². The Hall–Kier alpha value is -2.34. The van der Waals surface area contributed by atoms with Crippen molar-refractivity contribution in [1.82, 2.24) is 14.7 Å². The Balaban J connectivity index is 1.24. The number of likely N-dealkylation sites (tertiary alicyclic amines) is 2. The number of urea groups is 1. The molecule has 32 heavy (non-hydrogen) atoms. The number of hydrogen-bond donors (Lipinski definition) is 1. The van der Waals surface area contributed by atoms with Gasteiger partial charge in [0.25, 0.3) is 0 Å². The lowest BCUT2D eigenvalue weighted by Gasteiger charge is -2.48. The van der Waals surface area contributed by atoms with Crippen LogP contribution in [0.2, 0.25) is 0 Å². The van der Waals surface area contributed by atoms with Gasteiger partial charge in [0.15, 0.2) is 0 Å². The van der Waals surface area contributed by atoms with Gasteiger partial charge in [0.1, 0.15) is 18.5 Å². The summed E-state index contributed by atoms with van der Waals surface area (Å²) in [6.45, 7) is 9.50. The van der Waals surface area contributed by atoms with Crippen molar-refractivity contribution in [3.8, 4) is 11.8 Å². The van der Waals surface area contributed by atoms with Gasteiger partial charge < -0.3 is 24.4 Å². The van der Waals surface area contributed by atoms with E-state index in [1.54, 1.807) is 24.3 Å². The SMILES string of the molecule is CC1CN(C(=O)N2CC3CC(CN(CC(O)COc4ccc(C#N)cc4)C3)C2)CC(C)O1. The number of aliphatic hydroxyl groups excluding tert-OH is 1. The summed E-state index contributed by atoms with van der Waals surface area (Å²) in [7, 11) is 0. The van der Waals surface area contributed by atoms with Crippen LogP contribution in [0.4, 0.5) is 4.79 Å². The highest BCUT2D eigenvalue weighted by Gasteiger charge is 2.38. The lowest BCUT2D eigenvalue weighted by Crippen LogP contribution is -2.59. The number of rotatable bonds is 5. The van der Waals surface area contributed by atoms with Crippen LogP contribution in [-0.2, 0) is 4.74 Å². The van der Waals surface area contributed by atoms with Crippen molar-refractivity contribution in [2.45, 2.75) is 38.6 Å². The van der Waals surface area contributed by atoms with Crippen LogP contribution in [-0.4, -0.2) is 96.6 Å². The van der Waals surface area contributed by atoms with E-state index in [9.17, 15) is 9.90 Å². The molecule has 8 nitrogen and oxygen atoms in total. The van der Waals surface area contributed by atoms with Crippen LogP contribution in [0.5, 0.6) is 5.75 Å². The average molecular weight is 443 g/mol. The predicted octanol–water partition coefficient (Wildman–Crippen LogP) is 1.78. The van der Waals surface area contributed by atoms with E-state index in [0.717, 1.165) is 32.6 Å². The smallest absolute Gasteiger partial charge is 0.320 e. The van der Waals surface area contributed by atoms with Crippen molar-refractivity contribution in [2.24, 2.45) is 11.8 Å². The summed E-state index contributed by atoms with van der Waals surface area (Å²) in [4.78, 5) is 19.4. The molecule has 1 N–H and O–H groups in total. The van der Waals surface area contributed by atoms with Gasteiger partial charge in [0.2, 0.25) is 0 Å². The lowest BCUT2D eigenvalue weighted by molar-refractivity contribution is -0.0619. The number of carbonyl (C=O) groups is 1. The third kappa shape index (κ3) is 5.71. The Kier molecular flexibility index (Phi) is 7.19. The lowest BCUT2D eigenvalue weighted by atomic mass is 9.84. The minimum atomic E-state index is -0.585. The molecule has 0 radical (unpaired) electrons. The monoisotopic (exact) mass is 442 g/mol. The number of morpholine rings is 1. The van der Waals surface area contributed by atoms with Crippen molar-refractivity contribution >= 4 is 6.03 Å². The molecule has 0 saturated carbocycles. The van der Waals surface area contributed by atoms with E-state index in [-0.39, 0.29) is 24.8 Å². The summed E-state index contributed by atoms with van der Waals surface area (Å²) < 4.78 is 11.5. The van der Waals surface area contributed by atoms with Crippen LogP contribution in [0.25, 0.3) is 0 Å². The van der Waals surface area contributed by atoms with Crippen molar-refractivity contribution in [1.29, 1.82) is 5.26 Å². The molecule has 5 atom stereocenters. The number of amides is 2. The first kappa shape index (κ1) is 22.8. The van der Waals surface area contributed by atoms with Gasteiger partial charge in [0, 0.05) is 45.8 Å². The Morgan fingerprint density at radius 2 is 1.69 bits per heavy atom. The minimum Gasteiger partial charge on any atom is -0.491 e. The Bertz CT molecular complexity index is 802. The van der Waals surface area contributed by atoms with Crippen LogP contribution in [0.1, 0.15) is 25.8 Å². The number of β-amino-alcohol motifs (C(OH)–C–C–N with tert-alkyl or cyclic N) is 1. The molecule has 174 valence electrons. The highest BCUT2D eigenvalue weighted by Crippen LogP contribution is 2.29. The highest BCUT2D eigenvalue weighted by atomic mass is 16.5. The van der Waals surface area contributed by atoms with E-state index in [1.807, 2.05) is 23.6 Å². The van der Waals surface area contributed by atoms with Gasteiger partial charge in [-0.05, 0) is 56.4 Å². The number of aliphatic hydroxyl groups is 1. The number of hydrogen-bond acceptors (Lipinski definition) is 6. The second kappa shape index (κ2) is 10.1. The molecule has 5 unspecified atom stereocenters. The van der Waals surface area contributed by atoms with Gasteiger partial charge in [-0.25, -0.2) is 4.79 Å². The topological polar surface area (TPSA) is 89.3 Å². The minimum absolute atomic E-state index is 0.0791. The first-order valence-electron chi connectivity index (χ1n) is 11.6. The number of fused-ring (bicyclic) bond motifs is 2. The fraction of sp³-hybridized carbons (Fsp3) is 0.667. The summed E-state index contributed by atoms with van der Waals surface area (Å²) in [5.41, 5.74) is 0.586. The molecule has 8 heteroatoms. The van der Waals surface area contributed by atoms with Crippen LogP contribution < -0.4 is 4.74 Å². The third-order valence-electron chi connectivity index (χ3n) is 6.51. The Morgan fingerprint density at radius 3 is 2.28 bits per heavy atom. The first-order chi connectivity index (χ1) is 15.4. The molecule has 4 rings (SSSR count). The van der Waals surface area contributed by atoms with Gasteiger partial charge >= 0.3 is 6.03 Å². The summed E-state index contributed by atoms with van der Waals surface area (Å²) in [5, 5.41) is 19.4. The van der Waals surface area contributed by atoms with Crippen LogP contribution in [0.3, 0.4) is 0 Å². The fourth-order valence-corrected chi connectivity index (χ4v) is 5.40. The quantitative estimate of drug-likeness (QED) is 0.748. The molecule has 3 fully saturated rings. The van der Waals surface area contributed by atoms with Crippen molar-refractivity contribution < 1.29 is 19.4 Å². The number of nitrogens with zero attached hydrogens (tertiary/aromatic N) is 4. The number of carbonyl (C=O) groups excluding carboxylic acids is 1. The van der Waals surface area contributed by atoms with Gasteiger partial charge in [-0.3, -0.25) is 4.90 Å². The molecule has 1 aromatic rings. The number of piperidine rings is 2. The molecular formula is C24H34N4O4. The largest absolute Gasteiger partial charge is 0.491 e. The van der Waals surface area contributed by atoms with Gasteiger partial charge in [-0.2, -0.15) is 5.26 Å². The van der Waals surface area contributed by atoms with Crippen LogP contribution in [0, 0.1) is 23.2 Å². The second-order valence-corrected chi connectivity index (χ2v) is 9.64. The second-order valence-electron chi connectivity index (χ2n) is 9.64. The predicted molar refractivity (Wildman–Crippen MR) is 119 cm³/mol. The molecule has 2 bridgehead atoms. The third-order valence-corrected chi connectivity index (χ3v) is 6.51. The normalized spacial score (nSPS) is 29.3. The molecule has 1 aromatic carbocycles.